The van der Waals surface area contributed by atoms with Gasteiger partial charge in [-0.1, -0.05) is 41.5 Å². The number of carbonyl (C=O) groups is 3. The molecule has 1 fully saturated rings. The average molecular weight is 696 g/mol. The Morgan fingerprint density at radius 1 is 0.833 bits per heavy atom. The van der Waals surface area contributed by atoms with Crippen LogP contribution < -0.4 is 0 Å². The Labute approximate surface area is 262 Å². The number of halogens is 1. The predicted molar refractivity (Wildman–Crippen MR) is 168 cm³/mol. The molecule has 6 atom stereocenters. The van der Waals surface area contributed by atoms with Crippen LogP contribution in [0.25, 0.3) is 0 Å². The first-order valence-corrected chi connectivity index (χ1v) is 20.8. The van der Waals surface area contributed by atoms with Crippen molar-refractivity contribution in [3.05, 3.63) is 0 Å². The van der Waals surface area contributed by atoms with Crippen molar-refractivity contribution in [2.45, 2.75) is 142 Å². The van der Waals surface area contributed by atoms with Crippen LogP contribution in [0.15, 0.2) is 0 Å². The highest BCUT2D eigenvalue weighted by Crippen LogP contribution is 2.41. The van der Waals surface area contributed by atoms with E-state index < -0.39 is 71.4 Å². The van der Waals surface area contributed by atoms with Crippen LogP contribution >= 0.6 is 15.9 Å². The van der Waals surface area contributed by atoms with Crippen molar-refractivity contribution >= 4 is 50.5 Å². The fraction of sp³-hybridized carbons (Fsp3) is 0.828. The zero-order valence-electron chi connectivity index (χ0n) is 27.5. The topological polar surface area (TPSA) is 116 Å². The molecule has 0 saturated carbocycles. The van der Waals surface area contributed by atoms with Crippen LogP contribution in [0.4, 0.5) is 0 Å². The van der Waals surface area contributed by atoms with Crippen LogP contribution in [-0.4, -0.2) is 84.6 Å². The number of carbonyl (C=O) groups excluding carboxylic acids is 3. The van der Waals surface area contributed by atoms with Crippen molar-refractivity contribution < 1.29 is 46.9 Å². The fourth-order valence-electron chi connectivity index (χ4n) is 3.67. The molecule has 0 amide bonds. The zero-order chi connectivity index (χ0) is 32.7. The fourth-order valence-corrected chi connectivity index (χ4v) is 6.24. The largest absolute Gasteiger partial charge is 0.457 e. The maximum absolute atomic E-state index is 12.4. The van der Waals surface area contributed by atoms with Gasteiger partial charge in [-0.25, -0.2) is 0 Å². The lowest BCUT2D eigenvalue weighted by Gasteiger charge is -2.49. The Bertz CT molecular complexity index is 993. The second-order valence-electron chi connectivity index (χ2n) is 13.6. The van der Waals surface area contributed by atoms with Gasteiger partial charge in [0.25, 0.3) is 0 Å². The van der Waals surface area contributed by atoms with E-state index in [0.29, 0.717) is 0 Å². The van der Waals surface area contributed by atoms with E-state index in [-0.39, 0.29) is 29.7 Å². The monoisotopic (exact) mass is 694 g/mol. The molecule has 10 nitrogen and oxygen atoms in total. The maximum atomic E-state index is 12.4. The van der Waals surface area contributed by atoms with Gasteiger partial charge in [-0.15, -0.1) is 0 Å². The van der Waals surface area contributed by atoms with Gasteiger partial charge in [0.15, 0.2) is 41.2 Å². The summed E-state index contributed by atoms with van der Waals surface area (Å²) in [4.78, 5) is 38.8. The summed E-state index contributed by atoms with van der Waals surface area (Å²) in [7, 11) is -4.75. The van der Waals surface area contributed by atoms with Crippen molar-refractivity contribution in [1.82, 2.24) is 0 Å². The molecule has 0 spiro atoms. The van der Waals surface area contributed by atoms with Crippen molar-refractivity contribution in [2.75, 3.05) is 13.2 Å². The standard InChI is InChI=1S/C29H51BrO10Si2/c1-19(31)36-22(14-16-30)15-17-34-27-26(38-21(3)33)25(40-42(12,13)29(7,8)9)24(37-20(2)32)23(39-27)18-35-41(10,11)28(4,5)6/h22-27H,15,17-18H2,1-13H3/t22-,23-,24-,25+,26-,27-/m1/s1. The smallest absolute Gasteiger partial charge is 0.303 e. The van der Waals surface area contributed by atoms with Crippen molar-refractivity contribution in [1.29, 1.82) is 0 Å². The molecular formula is C29H51BrO10Si2. The molecule has 1 saturated heterocycles. The van der Waals surface area contributed by atoms with Crippen LogP contribution in [0, 0.1) is 10.8 Å². The van der Waals surface area contributed by atoms with Crippen LogP contribution in [0.3, 0.4) is 0 Å². The summed E-state index contributed by atoms with van der Waals surface area (Å²) in [6.45, 7) is 25.1. The molecule has 0 aromatic rings. The summed E-state index contributed by atoms with van der Waals surface area (Å²) in [5.41, 5.74) is 0. The lowest BCUT2D eigenvalue weighted by molar-refractivity contribution is -0.303. The minimum atomic E-state index is -2.51. The molecule has 1 aliphatic rings. The third-order valence-corrected chi connectivity index (χ3v) is 17.2. The summed E-state index contributed by atoms with van der Waals surface area (Å²) < 4.78 is 42.7. The Morgan fingerprint density at radius 2 is 1.36 bits per heavy atom. The SMILES string of the molecule is CC(=O)O[C@H]1[C@H](OCC[C@@H](C#CBr)OC(C)=O)O[C@H](CO[Si](C)(C)C(C)(C)C)[C@@H](OC(C)=O)[C@@H]1O[Si](C)(C)C(C)(C)C. The van der Waals surface area contributed by atoms with Gasteiger partial charge in [-0.2, -0.15) is 0 Å². The van der Waals surface area contributed by atoms with Gasteiger partial charge in [0, 0.05) is 43.1 Å². The first-order valence-electron chi connectivity index (χ1n) is 14.2. The minimum absolute atomic E-state index is 0.0584. The second kappa shape index (κ2) is 15.6. The molecule has 242 valence electrons. The Hall–Kier alpha value is -1.28. The normalized spacial score (nSPS) is 24.2. The highest BCUT2D eigenvalue weighted by molar-refractivity contribution is 9.12. The molecule has 42 heavy (non-hydrogen) atoms. The number of ether oxygens (including phenoxy) is 5. The summed E-state index contributed by atoms with van der Waals surface area (Å²) in [5.74, 6) is 1.20. The molecule has 0 aliphatic carbocycles. The summed E-state index contributed by atoms with van der Waals surface area (Å²) in [5, 5.41) is -0.282. The molecule has 1 rings (SSSR count). The quantitative estimate of drug-likeness (QED) is 0.109. The summed E-state index contributed by atoms with van der Waals surface area (Å²) >= 11 is 3.04. The van der Waals surface area contributed by atoms with Gasteiger partial charge in [0.1, 0.15) is 12.2 Å². The van der Waals surface area contributed by atoms with Gasteiger partial charge in [0.2, 0.25) is 0 Å². The molecular weight excluding hydrogens is 644 g/mol. The van der Waals surface area contributed by atoms with E-state index in [1.807, 2.05) is 0 Å². The second-order valence-corrected chi connectivity index (χ2v) is 23.6. The van der Waals surface area contributed by atoms with E-state index in [1.54, 1.807) is 0 Å². The van der Waals surface area contributed by atoms with E-state index in [9.17, 15) is 14.4 Å². The Kier molecular flexibility index (Phi) is 14.4. The molecule has 0 bridgehead atoms. The lowest BCUT2D eigenvalue weighted by atomic mass is 9.98. The molecule has 1 heterocycles. The Balaban J connectivity index is 3.55. The van der Waals surface area contributed by atoms with Gasteiger partial charge < -0.3 is 32.5 Å². The van der Waals surface area contributed by atoms with E-state index in [0.717, 1.165) is 0 Å². The Morgan fingerprint density at radius 3 is 1.81 bits per heavy atom. The highest BCUT2D eigenvalue weighted by Gasteiger charge is 2.55. The molecule has 0 unspecified atom stereocenters. The average Bonchev–Trinajstić information content (AvgIpc) is 2.79. The van der Waals surface area contributed by atoms with Crippen LogP contribution in [0.2, 0.25) is 36.3 Å². The van der Waals surface area contributed by atoms with E-state index in [4.69, 9.17) is 32.5 Å². The van der Waals surface area contributed by atoms with E-state index >= 15 is 0 Å². The van der Waals surface area contributed by atoms with Gasteiger partial charge in [0.05, 0.1) is 13.2 Å². The molecule has 0 aromatic heterocycles. The number of rotatable bonds is 12. The molecule has 0 N–H and O–H groups in total. The van der Waals surface area contributed by atoms with E-state index in [1.165, 1.54) is 20.8 Å². The lowest BCUT2D eigenvalue weighted by Crippen LogP contribution is -2.65. The number of hydrogen-bond acceptors (Lipinski definition) is 10. The van der Waals surface area contributed by atoms with Gasteiger partial charge >= 0.3 is 17.9 Å². The molecule has 13 heteroatoms. The summed E-state index contributed by atoms with van der Waals surface area (Å²) in [6.07, 6.45) is -5.23. The minimum Gasteiger partial charge on any atom is -0.457 e. The van der Waals surface area contributed by atoms with Crippen LogP contribution in [0.5, 0.6) is 0 Å². The first-order chi connectivity index (χ1) is 19.0. The van der Waals surface area contributed by atoms with Crippen molar-refractivity contribution in [3.63, 3.8) is 0 Å². The predicted octanol–water partition coefficient (Wildman–Crippen LogP) is 5.68. The first kappa shape index (κ1) is 38.7. The van der Waals surface area contributed by atoms with Gasteiger partial charge in [-0.05, 0) is 47.0 Å². The highest BCUT2D eigenvalue weighted by atomic mass is 79.9. The molecule has 0 aromatic carbocycles. The van der Waals surface area contributed by atoms with Crippen LogP contribution in [-0.2, 0) is 46.9 Å². The van der Waals surface area contributed by atoms with Crippen LogP contribution in [0.1, 0.15) is 68.7 Å². The summed E-state index contributed by atoms with van der Waals surface area (Å²) in [6, 6.07) is 0. The third kappa shape index (κ3) is 11.7. The maximum Gasteiger partial charge on any atom is 0.303 e. The number of hydrogen-bond donors (Lipinski definition) is 0. The molecule has 1 aliphatic heterocycles. The van der Waals surface area contributed by atoms with E-state index in [2.05, 4.69) is 94.4 Å². The van der Waals surface area contributed by atoms with Crippen molar-refractivity contribution in [2.24, 2.45) is 0 Å². The zero-order valence-corrected chi connectivity index (χ0v) is 31.1. The molecule has 0 radical (unpaired) electrons. The number of esters is 3. The third-order valence-electron chi connectivity index (χ3n) is 8.03. The van der Waals surface area contributed by atoms with Crippen molar-refractivity contribution in [3.8, 4) is 10.8 Å². The van der Waals surface area contributed by atoms with Gasteiger partial charge in [-0.3, -0.25) is 14.4 Å².